The van der Waals surface area contributed by atoms with E-state index in [1.165, 1.54) is 4.91 Å². The van der Waals surface area contributed by atoms with Gasteiger partial charge in [-0.1, -0.05) is 17.3 Å². The Labute approximate surface area is 68.0 Å². The number of aromatic nitrogens is 1. The fourth-order valence-corrected chi connectivity index (χ4v) is 0.810. The molecule has 5 nitrogen and oxygen atoms in total. The molecule has 0 atom stereocenters. The van der Waals surface area contributed by atoms with Gasteiger partial charge in [0.25, 0.3) is 0 Å². The van der Waals surface area contributed by atoms with Gasteiger partial charge in [-0.3, -0.25) is 4.91 Å². The van der Waals surface area contributed by atoms with Crippen LogP contribution in [0, 0.1) is 0 Å². The SMILES string of the molecule is [N-]=[N+]=[N-].c1ccc2nocc2c1. The third-order valence-corrected chi connectivity index (χ3v) is 1.27. The highest BCUT2D eigenvalue weighted by atomic mass is 16.5. The summed E-state index contributed by atoms with van der Waals surface area (Å²) in [5, 5.41) is 4.80. The first-order valence-corrected chi connectivity index (χ1v) is 3.16. The smallest absolute Gasteiger partial charge is 0.131 e. The Morgan fingerprint density at radius 1 is 1.25 bits per heavy atom. The van der Waals surface area contributed by atoms with E-state index in [-0.39, 0.29) is 0 Å². The molecule has 0 saturated carbocycles. The van der Waals surface area contributed by atoms with Gasteiger partial charge < -0.3 is 15.6 Å². The summed E-state index contributed by atoms with van der Waals surface area (Å²) in [6, 6.07) is 7.77. The van der Waals surface area contributed by atoms with E-state index < -0.39 is 0 Å². The molecule has 1 heterocycles. The monoisotopic (exact) mass is 161 g/mol. The first-order chi connectivity index (χ1) is 5.88. The molecule has 1 aromatic heterocycles. The minimum Gasteiger partial charge on any atom is -0.373 e. The van der Waals surface area contributed by atoms with Crippen LogP contribution in [0.1, 0.15) is 0 Å². The Bertz CT molecular complexity index is 359. The summed E-state index contributed by atoms with van der Waals surface area (Å²) in [4.78, 5) is 1.50. The van der Waals surface area contributed by atoms with Crippen LogP contribution < -0.4 is 0 Å². The molecular weight excluding hydrogens is 156 g/mol. The number of rotatable bonds is 0. The van der Waals surface area contributed by atoms with E-state index >= 15 is 0 Å². The van der Waals surface area contributed by atoms with Gasteiger partial charge >= 0.3 is 0 Å². The second-order valence-corrected chi connectivity index (χ2v) is 1.96. The minimum atomic E-state index is 0.914. The third-order valence-electron chi connectivity index (χ3n) is 1.27. The fraction of sp³-hybridized carbons (Fsp3) is 0. The molecule has 0 aliphatic heterocycles. The van der Waals surface area contributed by atoms with E-state index in [9.17, 15) is 0 Å². The largest absolute Gasteiger partial charge is 0.373 e. The van der Waals surface area contributed by atoms with E-state index in [1.807, 2.05) is 24.3 Å². The lowest BCUT2D eigenvalue weighted by Gasteiger charge is -1.78. The maximum Gasteiger partial charge on any atom is 0.131 e. The summed E-state index contributed by atoms with van der Waals surface area (Å²) in [6.07, 6.45) is 1.63. The summed E-state index contributed by atoms with van der Waals surface area (Å²) in [5.41, 5.74) is 14.4. The van der Waals surface area contributed by atoms with Gasteiger partial charge in [-0.05, 0) is 12.1 Å². The highest BCUT2D eigenvalue weighted by Crippen LogP contribution is 2.09. The van der Waals surface area contributed by atoms with Gasteiger partial charge in [-0.2, -0.15) is 0 Å². The minimum absolute atomic E-state index is 0.914. The van der Waals surface area contributed by atoms with Crippen LogP contribution in [0.2, 0.25) is 0 Å². The lowest BCUT2D eigenvalue weighted by atomic mass is 10.3. The summed E-state index contributed by atoms with van der Waals surface area (Å²) in [6.45, 7) is 0. The van der Waals surface area contributed by atoms with Crippen molar-refractivity contribution in [2.75, 3.05) is 0 Å². The van der Waals surface area contributed by atoms with E-state index in [4.69, 9.17) is 15.6 Å². The number of nitrogens with zero attached hydrogens (tertiary/aromatic N) is 4. The van der Waals surface area contributed by atoms with Crippen LogP contribution in [0.25, 0.3) is 26.9 Å². The predicted octanol–water partition coefficient (Wildman–Crippen LogP) is 2.69. The van der Waals surface area contributed by atoms with Crippen molar-refractivity contribution >= 4 is 10.9 Å². The Kier molecular flexibility index (Phi) is 2.70. The maximum atomic E-state index is 6.75. The highest BCUT2D eigenvalue weighted by Gasteiger charge is 1.91. The first-order valence-electron chi connectivity index (χ1n) is 3.16. The molecule has 0 unspecified atom stereocenters. The topological polar surface area (TPSA) is 84.7 Å². The van der Waals surface area contributed by atoms with Crippen molar-refractivity contribution in [2.24, 2.45) is 0 Å². The van der Waals surface area contributed by atoms with Crippen molar-refractivity contribution in [3.8, 4) is 0 Å². The van der Waals surface area contributed by atoms with E-state index in [1.54, 1.807) is 6.26 Å². The Morgan fingerprint density at radius 2 is 1.92 bits per heavy atom. The molecule has 0 saturated heterocycles. The molecule has 1 aromatic carbocycles. The van der Waals surface area contributed by atoms with Crippen molar-refractivity contribution in [1.82, 2.24) is 5.16 Å². The lowest BCUT2D eigenvalue weighted by Crippen LogP contribution is -1.61. The molecule has 60 valence electrons. The summed E-state index contributed by atoms with van der Waals surface area (Å²) in [7, 11) is 0. The van der Waals surface area contributed by atoms with Gasteiger partial charge in [0.15, 0.2) is 0 Å². The van der Waals surface area contributed by atoms with Crippen molar-refractivity contribution in [3.05, 3.63) is 46.5 Å². The number of fused-ring (bicyclic) bond motifs is 1. The van der Waals surface area contributed by atoms with E-state index in [2.05, 4.69) is 5.16 Å². The van der Waals surface area contributed by atoms with Crippen LogP contribution in [-0.2, 0) is 0 Å². The first kappa shape index (κ1) is 8.10. The van der Waals surface area contributed by atoms with Gasteiger partial charge in [-0.15, -0.1) is 0 Å². The van der Waals surface area contributed by atoms with Gasteiger partial charge in [0, 0.05) is 5.39 Å². The lowest BCUT2D eigenvalue weighted by molar-refractivity contribution is 0.428. The number of hydrogen-bond donors (Lipinski definition) is 0. The molecule has 0 bridgehead atoms. The van der Waals surface area contributed by atoms with Gasteiger partial charge in [0.2, 0.25) is 0 Å². The van der Waals surface area contributed by atoms with Crippen molar-refractivity contribution in [1.29, 1.82) is 0 Å². The van der Waals surface area contributed by atoms with Crippen LogP contribution in [0.5, 0.6) is 0 Å². The Balaban J connectivity index is 0.000000213. The van der Waals surface area contributed by atoms with Crippen molar-refractivity contribution in [3.63, 3.8) is 0 Å². The zero-order chi connectivity index (χ0) is 8.81. The van der Waals surface area contributed by atoms with Crippen LogP contribution >= 0.6 is 0 Å². The van der Waals surface area contributed by atoms with Crippen LogP contribution in [0.4, 0.5) is 0 Å². The summed E-state index contributed by atoms with van der Waals surface area (Å²) in [5.74, 6) is 0. The van der Waals surface area contributed by atoms with Gasteiger partial charge in [0.1, 0.15) is 11.8 Å². The quantitative estimate of drug-likeness (QED) is 0.338. The molecule has 2 aromatic rings. The number of hydrogen-bond acceptors (Lipinski definition) is 2. The molecule has 0 aliphatic rings. The fourth-order valence-electron chi connectivity index (χ4n) is 0.810. The second kappa shape index (κ2) is 4.00. The second-order valence-electron chi connectivity index (χ2n) is 1.96. The van der Waals surface area contributed by atoms with Crippen molar-refractivity contribution < 1.29 is 4.52 Å². The summed E-state index contributed by atoms with van der Waals surface area (Å²) < 4.78 is 4.71. The Morgan fingerprint density at radius 3 is 2.58 bits per heavy atom. The van der Waals surface area contributed by atoms with Crippen molar-refractivity contribution in [2.45, 2.75) is 0 Å². The predicted molar refractivity (Wildman–Crippen MR) is 44.1 cm³/mol. The van der Waals surface area contributed by atoms with Gasteiger partial charge in [0.05, 0.1) is 0 Å². The highest BCUT2D eigenvalue weighted by molar-refractivity contribution is 5.76. The standard InChI is InChI=1S/C7H5NO.N3/c1-2-4-7-6(3-1)5-9-8-7;1-3-2/h1-5H;/q;-1. The van der Waals surface area contributed by atoms with E-state index in [0.717, 1.165) is 10.9 Å². The average molecular weight is 161 g/mol. The molecular formula is C7H5N4O-. The third kappa shape index (κ3) is 1.74. The maximum absolute atomic E-state index is 6.75. The molecule has 0 amide bonds. The van der Waals surface area contributed by atoms with Gasteiger partial charge in [-0.25, -0.2) is 0 Å². The van der Waals surface area contributed by atoms with Crippen LogP contribution in [-0.4, -0.2) is 5.16 Å². The Hall–Kier alpha value is -2.00. The normalized spacial score (nSPS) is 8.33. The molecule has 5 heteroatoms. The molecule has 0 N–H and O–H groups in total. The molecule has 0 fully saturated rings. The molecule has 2 rings (SSSR count). The van der Waals surface area contributed by atoms with Crippen LogP contribution in [0.3, 0.4) is 0 Å². The number of benzene rings is 1. The summed E-state index contributed by atoms with van der Waals surface area (Å²) >= 11 is 0. The molecule has 0 spiro atoms. The molecule has 0 aliphatic carbocycles. The molecule has 0 radical (unpaired) electrons. The zero-order valence-electron chi connectivity index (χ0n) is 6.08. The van der Waals surface area contributed by atoms with Crippen LogP contribution in [0.15, 0.2) is 35.1 Å². The van der Waals surface area contributed by atoms with E-state index in [0.29, 0.717) is 0 Å². The zero-order valence-corrected chi connectivity index (χ0v) is 6.08. The molecule has 12 heavy (non-hydrogen) atoms. The average Bonchev–Trinajstić information content (AvgIpc) is 2.52.